The minimum atomic E-state index is -1.44. The van der Waals surface area contributed by atoms with Gasteiger partial charge in [-0.05, 0) is 48.9 Å². The van der Waals surface area contributed by atoms with Crippen molar-refractivity contribution >= 4 is 39.8 Å². The van der Waals surface area contributed by atoms with E-state index in [1.165, 1.54) is 37.3 Å². The summed E-state index contributed by atoms with van der Waals surface area (Å²) in [4.78, 5) is 63.6. The first kappa shape index (κ1) is 31.5. The van der Waals surface area contributed by atoms with Crippen LogP contribution in [0.5, 0.6) is 17.2 Å². The predicted octanol–water partition coefficient (Wildman–Crippen LogP) is 5.19. The van der Waals surface area contributed by atoms with Crippen molar-refractivity contribution in [1.29, 1.82) is 0 Å². The summed E-state index contributed by atoms with van der Waals surface area (Å²) in [5.41, 5.74) is -2.22. The van der Waals surface area contributed by atoms with Gasteiger partial charge >= 0.3 is 29.2 Å². The summed E-state index contributed by atoms with van der Waals surface area (Å²) in [6.07, 6.45) is -0.903. The van der Waals surface area contributed by atoms with E-state index in [1.807, 2.05) is 0 Å². The van der Waals surface area contributed by atoms with Crippen molar-refractivity contribution in [1.82, 2.24) is 0 Å². The first-order valence-corrected chi connectivity index (χ1v) is 14.2. The standard InChI is InChI=1S/C34H28O12/c1-3-43-26(35)16-22(29-31(38)20-9-5-7-11-24(20)46-34(29)42)18-12-13-21(32(39)40)25(15-18)44-27(36)14-17(2)28-30(37)19-8-4-6-10-23(19)45-33(28)41/h4-13,15,17,22,37-38H,3,14,16H2,1-2H3,(H,39,40). The zero-order chi connectivity index (χ0) is 33.1. The number of ether oxygens (including phenoxy) is 2. The summed E-state index contributed by atoms with van der Waals surface area (Å²) in [6, 6.07) is 16.2. The molecule has 0 amide bonds. The van der Waals surface area contributed by atoms with E-state index < -0.39 is 70.9 Å². The Morgan fingerprint density at radius 2 is 1.35 bits per heavy atom. The largest absolute Gasteiger partial charge is 0.507 e. The lowest BCUT2D eigenvalue weighted by molar-refractivity contribution is -0.143. The summed E-state index contributed by atoms with van der Waals surface area (Å²) < 4.78 is 21.2. The van der Waals surface area contributed by atoms with Crippen molar-refractivity contribution in [2.45, 2.75) is 38.5 Å². The molecule has 0 saturated carbocycles. The number of carbonyl (C=O) groups excluding carboxylic acids is 2. The Hall–Kier alpha value is -5.91. The third-order valence-electron chi connectivity index (χ3n) is 7.49. The van der Waals surface area contributed by atoms with Crippen molar-refractivity contribution in [3.8, 4) is 17.2 Å². The van der Waals surface area contributed by atoms with Gasteiger partial charge in [0.15, 0.2) is 0 Å². The highest BCUT2D eigenvalue weighted by Gasteiger charge is 2.30. The highest BCUT2D eigenvalue weighted by atomic mass is 16.5. The molecule has 2 atom stereocenters. The number of aromatic carboxylic acids is 1. The number of hydrogen-bond acceptors (Lipinski definition) is 11. The van der Waals surface area contributed by atoms with Crippen molar-refractivity contribution in [2.24, 2.45) is 0 Å². The number of aromatic hydroxyl groups is 2. The van der Waals surface area contributed by atoms with Crippen LogP contribution in [0.1, 0.15) is 65.6 Å². The Morgan fingerprint density at radius 1 is 0.783 bits per heavy atom. The molecule has 0 radical (unpaired) electrons. The molecule has 12 heteroatoms. The molecule has 12 nitrogen and oxygen atoms in total. The van der Waals surface area contributed by atoms with E-state index in [2.05, 4.69) is 0 Å². The molecule has 2 heterocycles. The van der Waals surface area contributed by atoms with Crippen LogP contribution in [0, 0.1) is 0 Å². The fourth-order valence-corrected chi connectivity index (χ4v) is 5.34. The molecule has 0 spiro atoms. The lowest BCUT2D eigenvalue weighted by Gasteiger charge is -2.19. The second kappa shape index (κ2) is 13.0. The summed E-state index contributed by atoms with van der Waals surface area (Å²) in [6.45, 7) is 3.12. The smallest absolute Gasteiger partial charge is 0.343 e. The summed E-state index contributed by atoms with van der Waals surface area (Å²) >= 11 is 0. The number of esters is 2. The van der Waals surface area contributed by atoms with Crippen LogP contribution in [0.4, 0.5) is 0 Å². The van der Waals surface area contributed by atoms with Crippen LogP contribution in [0.2, 0.25) is 0 Å². The number of fused-ring (bicyclic) bond motifs is 2. The molecule has 2 aromatic heterocycles. The second-order valence-electron chi connectivity index (χ2n) is 10.5. The third kappa shape index (κ3) is 6.18. The van der Waals surface area contributed by atoms with Gasteiger partial charge in [-0.3, -0.25) is 9.59 Å². The van der Waals surface area contributed by atoms with Gasteiger partial charge in [0.1, 0.15) is 34.0 Å². The van der Waals surface area contributed by atoms with E-state index >= 15 is 0 Å². The molecule has 5 aromatic rings. The molecule has 3 aromatic carbocycles. The van der Waals surface area contributed by atoms with E-state index in [0.717, 1.165) is 6.07 Å². The van der Waals surface area contributed by atoms with Gasteiger partial charge < -0.3 is 33.6 Å². The maximum absolute atomic E-state index is 13.1. The fourth-order valence-electron chi connectivity index (χ4n) is 5.34. The molecule has 236 valence electrons. The second-order valence-corrected chi connectivity index (χ2v) is 10.5. The van der Waals surface area contributed by atoms with Crippen LogP contribution < -0.4 is 16.0 Å². The Balaban J connectivity index is 1.52. The first-order valence-electron chi connectivity index (χ1n) is 14.2. The third-order valence-corrected chi connectivity index (χ3v) is 7.49. The minimum Gasteiger partial charge on any atom is -0.507 e. The molecule has 5 rings (SSSR count). The number of hydrogen-bond donors (Lipinski definition) is 3. The molecule has 2 unspecified atom stereocenters. The number of carbonyl (C=O) groups is 3. The van der Waals surface area contributed by atoms with Gasteiger partial charge in [0.05, 0.1) is 41.3 Å². The summed E-state index contributed by atoms with van der Waals surface area (Å²) in [5, 5.41) is 32.2. The normalized spacial score (nSPS) is 12.5. The molecule has 0 aliphatic rings. The van der Waals surface area contributed by atoms with Gasteiger partial charge in [-0.25, -0.2) is 14.4 Å². The number of carboxylic acids is 1. The minimum absolute atomic E-state index is 0.0357. The van der Waals surface area contributed by atoms with Crippen LogP contribution in [0.15, 0.2) is 85.2 Å². The van der Waals surface area contributed by atoms with E-state index in [0.29, 0.717) is 0 Å². The predicted molar refractivity (Wildman–Crippen MR) is 163 cm³/mol. The van der Waals surface area contributed by atoms with Gasteiger partial charge in [-0.15, -0.1) is 0 Å². The fraction of sp³-hybridized carbons (Fsp3) is 0.206. The Labute approximate surface area is 260 Å². The van der Waals surface area contributed by atoms with Gasteiger partial charge in [0.25, 0.3) is 0 Å². The topological polar surface area (TPSA) is 191 Å². The molecule has 0 aliphatic heterocycles. The van der Waals surface area contributed by atoms with Gasteiger partial charge in [0.2, 0.25) is 0 Å². The van der Waals surface area contributed by atoms with Gasteiger partial charge in [-0.1, -0.05) is 37.3 Å². The molecule has 3 N–H and O–H groups in total. The van der Waals surface area contributed by atoms with Crippen molar-refractivity contribution in [2.75, 3.05) is 6.61 Å². The van der Waals surface area contributed by atoms with Crippen LogP contribution in [0.25, 0.3) is 21.9 Å². The van der Waals surface area contributed by atoms with Crippen molar-refractivity contribution in [3.63, 3.8) is 0 Å². The highest BCUT2D eigenvalue weighted by Crippen LogP contribution is 2.38. The average Bonchev–Trinajstić information content (AvgIpc) is 3.00. The monoisotopic (exact) mass is 628 g/mol. The SMILES string of the molecule is CCOC(=O)CC(c1ccc(C(=O)O)c(OC(=O)CC(C)c2c(O)c3ccccc3oc2=O)c1)c1c(O)c2ccccc2oc1=O. The number of carboxylic acid groups (broad SMARTS) is 1. The summed E-state index contributed by atoms with van der Waals surface area (Å²) in [7, 11) is 0. The number of para-hydroxylation sites is 2. The quantitative estimate of drug-likeness (QED) is 0.104. The zero-order valence-electron chi connectivity index (χ0n) is 24.6. The molecule has 46 heavy (non-hydrogen) atoms. The molecular formula is C34H28O12. The number of rotatable bonds is 10. The number of benzene rings is 3. The van der Waals surface area contributed by atoms with Crippen molar-refractivity contribution < 1.29 is 48.0 Å². The van der Waals surface area contributed by atoms with Crippen LogP contribution >= 0.6 is 0 Å². The summed E-state index contributed by atoms with van der Waals surface area (Å²) in [5.74, 6) is -6.42. The molecular weight excluding hydrogens is 600 g/mol. The lowest BCUT2D eigenvalue weighted by atomic mass is 9.87. The Morgan fingerprint density at radius 3 is 1.93 bits per heavy atom. The van der Waals surface area contributed by atoms with Crippen LogP contribution in [0.3, 0.4) is 0 Å². The molecule has 0 aliphatic carbocycles. The highest BCUT2D eigenvalue weighted by molar-refractivity contribution is 5.92. The maximum Gasteiger partial charge on any atom is 0.343 e. The molecule has 0 bridgehead atoms. The van der Waals surface area contributed by atoms with Gasteiger partial charge in [0, 0.05) is 11.8 Å². The average molecular weight is 629 g/mol. The van der Waals surface area contributed by atoms with Crippen molar-refractivity contribution in [3.05, 3.63) is 110 Å². The van der Waals surface area contributed by atoms with Crippen LogP contribution in [-0.2, 0) is 14.3 Å². The maximum atomic E-state index is 13.1. The van der Waals surface area contributed by atoms with E-state index in [9.17, 15) is 39.3 Å². The van der Waals surface area contributed by atoms with E-state index in [-0.39, 0.29) is 51.0 Å². The Bertz CT molecular complexity index is 2110. The molecule has 0 saturated heterocycles. The van der Waals surface area contributed by atoms with Gasteiger partial charge in [-0.2, -0.15) is 0 Å². The zero-order valence-corrected chi connectivity index (χ0v) is 24.6. The molecule has 0 fully saturated rings. The van der Waals surface area contributed by atoms with E-state index in [4.69, 9.17) is 18.3 Å². The lowest BCUT2D eigenvalue weighted by Crippen LogP contribution is -2.20. The van der Waals surface area contributed by atoms with E-state index in [1.54, 1.807) is 37.3 Å². The van der Waals surface area contributed by atoms with Crippen LogP contribution in [-0.4, -0.2) is 39.8 Å². The Kier molecular flexibility index (Phi) is 8.89. The first-order chi connectivity index (χ1) is 22.0.